The number of imide groups is 1. The second-order valence-electron chi connectivity index (χ2n) is 6.68. The van der Waals surface area contributed by atoms with E-state index >= 15 is 0 Å². The molecule has 1 aliphatic rings. The molecule has 1 unspecified atom stereocenters. The highest BCUT2D eigenvalue weighted by molar-refractivity contribution is 6.22. The van der Waals surface area contributed by atoms with E-state index < -0.39 is 17.9 Å². The van der Waals surface area contributed by atoms with Crippen molar-refractivity contribution < 1.29 is 28.6 Å². The summed E-state index contributed by atoms with van der Waals surface area (Å²) in [6.07, 6.45) is -0.0672. The lowest BCUT2D eigenvalue weighted by Crippen LogP contribution is -2.48. The van der Waals surface area contributed by atoms with Crippen molar-refractivity contribution in [2.24, 2.45) is 0 Å². The summed E-state index contributed by atoms with van der Waals surface area (Å²) < 4.78 is 15.7. The van der Waals surface area contributed by atoms with Gasteiger partial charge in [-0.2, -0.15) is 0 Å². The van der Waals surface area contributed by atoms with Crippen LogP contribution in [0.3, 0.4) is 0 Å². The maximum absolute atomic E-state index is 12.7. The second-order valence-corrected chi connectivity index (χ2v) is 6.68. The van der Waals surface area contributed by atoms with Crippen LogP contribution in [-0.4, -0.2) is 45.1 Å². The van der Waals surface area contributed by atoms with Gasteiger partial charge in [0, 0.05) is 5.56 Å². The van der Waals surface area contributed by atoms with Crippen molar-refractivity contribution in [1.82, 2.24) is 10.9 Å². The molecule has 0 radical (unpaired) electrons. The number of methoxy groups -OCH3 is 3. The minimum absolute atomic E-state index is 0.0672. The van der Waals surface area contributed by atoms with Gasteiger partial charge in [-0.1, -0.05) is 12.1 Å². The molecule has 1 atom stereocenters. The van der Waals surface area contributed by atoms with Crippen LogP contribution < -0.4 is 30.0 Å². The zero-order chi connectivity index (χ0) is 21.8. The molecule has 1 fully saturated rings. The lowest BCUT2D eigenvalue weighted by Gasteiger charge is -2.17. The molecule has 9 heteroatoms. The molecule has 2 aromatic carbocycles. The van der Waals surface area contributed by atoms with Crippen LogP contribution in [-0.2, 0) is 9.59 Å². The molecule has 9 nitrogen and oxygen atoms in total. The third-order valence-electron chi connectivity index (χ3n) is 4.69. The lowest BCUT2D eigenvalue weighted by atomic mass is 10.1. The Morgan fingerprint density at radius 1 is 1.03 bits per heavy atom. The minimum Gasteiger partial charge on any atom is -0.493 e. The number of benzene rings is 2. The zero-order valence-electron chi connectivity index (χ0n) is 17.1. The van der Waals surface area contributed by atoms with Gasteiger partial charge in [-0.05, 0) is 36.8 Å². The third kappa shape index (κ3) is 4.06. The molecule has 1 saturated heterocycles. The smallest absolute Gasteiger partial charge is 0.265 e. The highest BCUT2D eigenvalue weighted by Crippen LogP contribution is 2.38. The van der Waals surface area contributed by atoms with E-state index in [-0.39, 0.29) is 17.9 Å². The molecule has 0 aromatic heterocycles. The number of carbonyl (C=O) groups excluding carboxylic acids is 3. The number of anilines is 1. The van der Waals surface area contributed by atoms with Gasteiger partial charge in [0.15, 0.2) is 11.5 Å². The summed E-state index contributed by atoms with van der Waals surface area (Å²) in [5, 5.41) is 0. The van der Waals surface area contributed by atoms with E-state index in [2.05, 4.69) is 10.9 Å². The first-order chi connectivity index (χ1) is 14.4. The van der Waals surface area contributed by atoms with Crippen molar-refractivity contribution >= 4 is 23.4 Å². The number of nitrogens with one attached hydrogen (secondary N) is 2. The van der Waals surface area contributed by atoms with E-state index in [0.717, 1.165) is 10.5 Å². The average Bonchev–Trinajstić information content (AvgIpc) is 3.03. The Bertz CT molecular complexity index is 965. The van der Waals surface area contributed by atoms with E-state index in [4.69, 9.17) is 14.2 Å². The maximum Gasteiger partial charge on any atom is 0.265 e. The monoisotopic (exact) mass is 413 g/mol. The molecule has 3 rings (SSSR count). The van der Waals surface area contributed by atoms with Crippen LogP contribution in [0, 0.1) is 6.92 Å². The number of nitrogens with zero attached hydrogens (tertiary/aromatic N) is 1. The van der Waals surface area contributed by atoms with E-state index in [1.54, 1.807) is 18.2 Å². The molecule has 1 aliphatic heterocycles. The fourth-order valence-corrected chi connectivity index (χ4v) is 3.22. The van der Waals surface area contributed by atoms with Crippen molar-refractivity contribution in [3.05, 3.63) is 47.5 Å². The highest BCUT2D eigenvalue weighted by atomic mass is 16.5. The number of hydrazine groups is 1. The van der Waals surface area contributed by atoms with Gasteiger partial charge < -0.3 is 14.2 Å². The number of rotatable bonds is 7. The summed E-state index contributed by atoms with van der Waals surface area (Å²) in [5.74, 6) is -0.307. The number of hydrogen-bond acceptors (Lipinski definition) is 7. The molecule has 3 amide bonds. The average molecular weight is 413 g/mol. The van der Waals surface area contributed by atoms with Crippen molar-refractivity contribution in [2.75, 3.05) is 26.2 Å². The molecular weight excluding hydrogens is 390 g/mol. The minimum atomic E-state index is -0.871. The fourth-order valence-electron chi connectivity index (χ4n) is 3.22. The molecule has 158 valence electrons. The first-order valence-electron chi connectivity index (χ1n) is 9.19. The van der Waals surface area contributed by atoms with Gasteiger partial charge >= 0.3 is 0 Å². The van der Waals surface area contributed by atoms with Crippen LogP contribution in [0.4, 0.5) is 5.69 Å². The van der Waals surface area contributed by atoms with Gasteiger partial charge in [0.25, 0.3) is 11.8 Å². The topological polar surface area (TPSA) is 106 Å². The fraction of sp³-hybridized carbons (Fsp3) is 0.286. The van der Waals surface area contributed by atoms with Crippen LogP contribution >= 0.6 is 0 Å². The number of carbonyl (C=O) groups is 3. The standard InChI is InChI=1S/C21H23N3O6/c1-12-6-5-7-14(8-12)24-18(25)11-15(21(24)27)22-23-20(26)13-9-16(28-2)19(30-4)17(10-13)29-3/h5-10,15,22H,11H2,1-4H3,(H,23,26). The van der Waals surface area contributed by atoms with Crippen LogP contribution in [0.1, 0.15) is 22.3 Å². The lowest BCUT2D eigenvalue weighted by molar-refractivity contribution is -0.121. The van der Waals surface area contributed by atoms with Crippen LogP contribution in [0.15, 0.2) is 36.4 Å². The molecule has 0 saturated carbocycles. The molecule has 1 heterocycles. The van der Waals surface area contributed by atoms with E-state index in [1.807, 2.05) is 13.0 Å². The molecular formula is C21H23N3O6. The Kier molecular flexibility index (Phi) is 6.22. The second kappa shape index (κ2) is 8.83. The van der Waals surface area contributed by atoms with Crippen molar-refractivity contribution in [1.29, 1.82) is 0 Å². The Labute approximate surface area is 173 Å². The Hall–Kier alpha value is -3.59. The number of ether oxygens (including phenoxy) is 3. The van der Waals surface area contributed by atoms with E-state index in [9.17, 15) is 14.4 Å². The van der Waals surface area contributed by atoms with E-state index in [1.165, 1.54) is 33.5 Å². The maximum atomic E-state index is 12.7. The van der Waals surface area contributed by atoms with Crippen LogP contribution in [0.25, 0.3) is 0 Å². The van der Waals surface area contributed by atoms with Gasteiger partial charge in [-0.25, -0.2) is 10.3 Å². The predicted molar refractivity (Wildman–Crippen MR) is 109 cm³/mol. The van der Waals surface area contributed by atoms with Crippen LogP contribution in [0.5, 0.6) is 17.2 Å². The largest absolute Gasteiger partial charge is 0.493 e. The van der Waals surface area contributed by atoms with Gasteiger partial charge in [0.1, 0.15) is 6.04 Å². The van der Waals surface area contributed by atoms with Crippen molar-refractivity contribution in [3.8, 4) is 17.2 Å². The van der Waals surface area contributed by atoms with E-state index in [0.29, 0.717) is 22.9 Å². The van der Waals surface area contributed by atoms with Gasteiger partial charge in [0.05, 0.1) is 33.4 Å². The molecule has 0 bridgehead atoms. The number of hydrogen-bond donors (Lipinski definition) is 2. The van der Waals surface area contributed by atoms with Crippen LogP contribution in [0.2, 0.25) is 0 Å². The van der Waals surface area contributed by atoms with Crippen molar-refractivity contribution in [3.63, 3.8) is 0 Å². The molecule has 2 N–H and O–H groups in total. The Morgan fingerprint density at radius 2 is 1.70 bits per heavy atom. The Morgan fingerprint density at radius 3 is 2.27 bits per heavy atom. The molecule has 0 aliphatic carbocycles. The summed E-state index contributed by atoms with van der Waals surface area (Å²) in [4.78, 5) is 38.8. The number of amides is 3. The summed E-state index contributed by atoms with van der Waals surface area (Å²) >= 11 is 0. The quantitative estimate of drug-likeness (QED) is 0.524. The summed E-state index contributed by atoms with van der Waals surface area (Å²) in [5.41, 5.74) is 6.79. The summed E-state index contributed by atoms with van der Waals surface area (Å²) in [7, 11) is 4.35. The molecule has 30 heavy (non-hydrogen) atoms. The predicted octanol–water partition coefficient (Wildman–Crippen LogP) is 1.59. The summed E-state index contributed by atoms with van der Waals surface area (Å²) in [6, 6.07) is 9.20. The third-order valence-corrected chi connectivity index (χ3v) is 4.69. The molecule has 2 aromatic rings. The van der Waals surface area contributed by atoms with Gasteiger partial charge in [-0.3, -0.25) is 19.8 Å². The first kappa shape index (κ1) is 21.1. The summed E-state index contributed by atoms with van der Waals surface area (Å²) in [6.45, 7) is 1.88. The van der Waals surface area contributed by atoms with Gasteiger partial charge in [-0.15, -0.1) is 0 Å². The molecule has 0 spiro atoms. The van der Waals surface area contributed by atoms with Gasteiger partial charge in [0.2, 0.25) is 11.7 Å². The number of aryl methyl sites for hydroxylation is 1. The Balaban J connectivity index is 1.72. The first-order valence-corrected chi connectivity index (χ1v) is 9.19. The highest BCUT2D eigenvalue weighted by Gasteiger charge is 2.39. The van der Waals surface area contributed by atoms with Crippen molar-refractivity contribution in [2.45, 2.75) is 19.4 Å². The zero-order valence-corrected chi connectivity index (χ0v) is 17.1. The SMILES string of the molecule is COc1cc(C(=O)NNC2CC(=O)N(c3cccc(C)c3)C2=O)cc(OC)c1OC. The normalized spacial score (nSPS) is 15.9.